The lowest BCUT2D eigenvalue weighted by Crippen LogP contribution is -2.25. The fraction of sp³-hybridized carbons (Fsp3) is 0.333. The van der Waals surface area contributed by atoms with Gasteiger partial charge in [-0.3, -0.25) is 9.36 Å². The Hall–Kier alpha value is -2.91. The predicted molar refractivity (Wildman–Crippen MR) is 91.8 cm³/mol. The second kappa shape index (κ2) is 7.61. The van der Waals surface area contributed by atoms with Gasteiger partial charge in [-0.2, -0.15) is 13.2 Å². The van der Waals surface area contributed by atoms with Crippen molar-refractivity contribution >= 4 is 10.9 Å². The molecule has 148 valence electrons. The molecule has 0 bridgehead atoms. The first-order valence-electron chi connectivity index (χ1n) is 8.43. The molecule has 10 heteroatoms. The summed E-state index contributed by atoms with van der Waals surface area (Å²) < 4.78 is 67.1. The Morgan fingerprint density at radius 3 is 2.43 bits per heavy atom. The molecule has 0 N–H and O–H groups in total. The topological polar surface area (TPSA) is 60.7 Å². The maximum atomic E-state index is 14.5. The van der Waals surface area contributed by atoms with Gasteiger partial charge in [-0.15, -0.1) is 0 Å². The second-order valence-electron chi connectivity index (χ2n) is 6.23. The monoisotopic (exact) mass is 398 g/mol. The van der Waals surface area contributed by atoms with Crippen LogP contribution in [-0.2, 0) is 12.7 Å². The molecule has 1 unspecified atom stereocenters. The van der Waals surface area contributed by atoms with Crippen molar-refractivity contribution in [3.63, 3.8) is 0 Å². The van der Waals surface area contributed by atoms with Crippen molar-refractivity contribution < 1.29 is 22.0 Å². The van der Waals surface area contributed by atoms with Crippen molar-refractivity contribution in [1.29, 1.82) is 0 Å². The van der Waals surface area contributed by atoms with E-state index in [1.807, 2.05) is 6.92 Å². The van der Waals surface area contributed by atoms with Crippen molar-refractivity contribution in [3.05, 3.63) is 52.6 Å². The quantitative estimate of drug-likeness (QED) is 0.606. The molecular formula is C18H15F5N4O. The SMILES string of the molecule is CCCC(F)Cn1cnc2cc(-c3ncc(C(F)(F)F)cn3)c(F)cc2c1=O. The summed E-state index contributed by atoms with van der Waals surface area (Å²) in [4.78, 5) is 23.6. The number of alkyl halides is 4. The third kappa shape index (κ3) is 4.00. The van der Waals surface area contributed by atoms with Crippen LogP contribution in [0.3, 0.4) is 0 Å². The molecule has 0 saturated carbocycles. The van der Waals surface area contributed by atoms with Crippen LogP contribution in [0.4, 0.5) is 22.0 Å². The van der Waals surface area contributed by atoms with Crippen molar-refractivity contribution in [2.24, 2.45) is 0 Å². The molecule has 3 rings (SSSR count). The summed E-state index contributed by atoms with van der Waals surface area (Å²) in [6.45, 7) is 1.62. The molecule has 0 saturated heterocycles. The van der Waals surface area contributed by atoms with E-state index in [-0.39, 0.29) is 35.3 Å². The third-order valence-electron chi connectivity index (χ3n) is 4.13. The van der Waals surface area contributed by atoms with Gasteiger partial charge in [0.15, 0.2) is 5.82 Å². The molecule has 0 radical (unpaired) electrons. The van der Waals surface area contributed by atoms with E-state index in [1.54, 1.807) is 0 Å². The first kappa shape index (κ1) is 19.8. The molecule has 5 nitrogen and oxygen atoms in total. The zero-order chi connectivity index (χ0) is 20.5. The number of halogens is 5. The van der Waals surface area contributed by atoms with Crippen molar-refractivity contribution in [2.75, 3.05) is 0 Å². The minimum Gasteiger partial charge on any atom is -0.296 e. The van der Waals surface area contributed by atoms with Gasteiger partial charge < -0.3 is 0 Å². The van der Waals surface area contributed by atoms with Gasteiger partial charge >= 0.3 is 6.18 Å². The molecule has 3 aromatic rings. The van der Waals surface area contributed by atoms with Crippen LogP contribution >= 0.6 is 0 Å². The van der Waals surface area contributed by atoms with Crippen LogP contribution in [0.25, 0.3) is 22.3 Å². The highest BCUT2D eigenvalue weighted by Gasteiger charge is 2.31. The smallest absolute Gasteiger partial charge is 0.296 e. The highest BCUT2D eigenvalue weighted by Crippen LogP contribution is 2.29. The largest absolute Gasteiger partial charge is 0.419 e. The van der Waals surface area contributed by atoms with E-state index in [0.717, 1.165) is 17.0 Å². The average molecular weight is 398 g/mol. The molecule has 1 atom stereocenters. The molecule has 2 heterocycles. The molecule has 0 aliphatic rings. The zero-order valence-corrected chi connectivity index (χ0v) is 14.7. The Bertz CT molecular complexity index is 1050. The third-order valence-corrected chi connectivity index (χ3v) is 4.13. The first-order chi connectivity index (χ1) is 13.2. The van der Waals surface area contributed by atoms with Gasteiger partial charge in [0.25, 0.3) is 5.56 Å². The number of fused-ring (bicyclic) bond motifs is 1. The Morgan fingerprint density at radius 2 is 1.82 bits per heavy atom. The van der Waals surface area contributed by atoms with Crippen LogP contribution in [-0.4, -0.2) is 25.7 Å². The summed E-state index contributed by atoms with van der Waals surface area (Å²) in [7, 11) is 0. The lowest BCUT2D eigenvalue weighted by Gasteiger charge is -2.11. The standard InChI is InChI=1S/C18H15F5N4O/c1-2-3-11(19)8-27-9-26-15-5-12(14(20)4-13(15)17(27)28)16-24-6-10(7-25-16)18(21,22)23/h4-7,9,11H,2-3,8H2,1H3. The molecule has 0 aliphatic carbocycles. The number of rotatable bonds is 5. The molecule has 28 heavy (non-hydrogen) atoms. The van der Waals surface area contributed by atoms with E-state index in [2.05, 4.69) is 15.0 Å². The molecule has 0 amide bonds. The molecule has 0 aliphatic heterocycles. The van der Waals surface area contributed by atoms with Gasteiger partial charge in [0.2, 0.25) is 0 Å². The molecule has 1 aromatic carbocycles. The van der Waals surface area contributed by atoms with Gasteiger partial charge in [0.05, 0.1) is 34.9 Å². The number of hydrogen-bond donors (Lipinski definition) is 0. The Labute approximate surface area is 155 Å². The highest BCUT2D eigenvalue weighted by molar-refractivity contribution is 5.82. The van der Waals surface area contributed by atoms with Crippen LogP contribution in [0.2, 0.25) is 0 Å². The maximum absolute atomic E-state index is 14.5. The fourth-order valence-corrected chi connectivity index (χ4v) is 2.71. The van der Waals surface area contributed by atoms with Crippen molar-refractivity contribution in [3.8, 4) is 11.4 Å². The van der Waals surface area contributed by atoms with E-state index in [0.29, 0.717) is 18.8 Å². The average Bonchev–Trinajstić information content (AvgIpc) is 2.64. The summed E-state index contributed by atoms with van der Waals surface area (Å²) >= 11 is 0. The van der Waals surface area contributed by atoms with Gasteiger partial charge in [0.1, 0.15) is 12.0 Å². The molecule has 0 fully saturated rings. The van der Waals surface area contributed by atoms with E-state index < -0.39 is 29.3 Å². The highest BCUT2D eigenvalue weighted by atomic mass is 19.4. The van der Waals surface area contributed by atoms with Gasteiger partial charge in [-0.05, 0) is 18.6 Å². The minimum absolute atomic E-state index is 0.0700. The number of aromatic nitrogens is 4. The van der Waals surface area contributed by atoms with Crippen LogP contribution in [0.15, 0.2) is 35.6 Å². The summed E-state index contributed by atoms with van der Waals surface area (Å²) in [6, 6.07) is 2.09. The summed E-state index contributed by atoms with van der Waals surface area (Å²) in [6.07, 6.45) is -2.70. The zero-order valence-electron chi connectivity index (χ0n) is 14.7. The van der Waals surface area contributed by atoms with Gasteiger partial charge in [-0.25, -0.2) is 23.7 Å². The summed E-state index contributed by atoms with van der Waals surface area (Å²) in [5, 5.41) is -0.0700. The van der Waals surface area contributed by atoms with Crippen LogP contribution in [0.1, 0.15) is 25.3 Å². The Morgan fingerprint density at radius 1 is 1.14 bits per heavy atom. The first-order valence-corrected chi connectivity index (χ1v) is 8.43. The summed E-state index contributed by atoms with van der Waals surface area (Å²) in [5.74, 6) is -1.17. The normalized spacial score (nSPS) is 13.1. The van der Waals surface area contributed by atoms with Crippen LogP contribution in [0.5, 0.6) is 0 Å². The molecular weight excluding hydrogens is 383 g/mol. The lowest BCUT2D eigenvalue weighted by atomic mass is 10.1. The van der Waals surface area contributed by atoms with Crippen molar-refractivity contribution in [2.45, 2.75) is 38.7 Å². The van der Waals surface area contributed by atoms with Crippen molar-refractivity contribution in [1.82, 2.24) is 19.5 Å². The van der Waals surface area contributed by atoms with E-state index >= 15 is 0 Å². The Balaban J connectivity index is 2.01. The lowest BCUT2D eigenvalue weighted by molar-refractivity contribution is -0.138. The molecule has 2 aromatic heterocycles. The Kier molecular flexibility index (Phi) is 5.39. The van der Waals surface area contributed by atoms with E-state index in [4.69, 9.17) is 0 Å². The van der Waals surface area contributed by atoms with Gasteiger partial charge in [0, 0.05) is 12.4 Å². The van der Waals surface area contributed by atoms with Gasteiger partial charge in [-0.1, -0.05) is 13.3 Å². The maximum Gasteiger partial charge on any atom is 0.419 e. The van der Waals surface area contributed by atoms with Crippen LogP contribution in [0, 0.1) is 5.82 Å². The summed E-state index contributed by atoms with van der Waals surface area (Å²) in [5.41, 5.74) is -1.76. The number of hydrogen-bond acceptors (Lipinski definition) is 4. The number of benzene rings is 1. The number of nitrogens with zero attached hydrogens (tertiary/aromatic N) is 4. The second-order valence-corrected chi connectivity index (χ2v) is 6.23. The van der Waals surface area contributed by atoms with E-state index in [9.17, 15) is 26.7 Å². The fourth-order valence-electron chi connectivity index (χ4n) is 2.71. The minimum atomic E-state index is -4.61. The van der Waals surface area contributed by atoms with E-state index in [1.165, 1.54) is 6.07 Å². The predicted octanol–water partition coefficient (Wildman–Crippen LogP) is 4.15. The molecule has 0 spiro atoms. The van der Waals surface area contributed by atoms with Crippen LogP contribution < -0.4 is 5.56 Å².